The number of hydrogen-bond acceptors (Lipinski definition) is 4. The van der Waals surface area contributed by atoms with Crippen molar-refractivity contribution in [3.63, 3.8) is 0 Å². The molecule has 0 bridgehead atoms. The molecular weight excluding hydrogens is 276 g/mol. The second-order valence-electron chi connectivity index (χ2n) is 5.23. The molecule has 1 aromatic carbocycles. The molecule has 1 aliphatic rings. The second kappa shape index (κ2) is 6.04. The monoisotopic (exact) mass is 290 g/mol. The number of terminal acetylenes is 1. The van der Waals surface area contributed by atoms with E-state index in [1.165, 1.54) is 6.34 Å². The fourth-order valence-corrected chi connectivity index (χ4v) is 2.23. The normalized spacial score (nSPS) is 14.8. The molecule has 0 unspecified atom stereocenters. The summed E-state index contributed by atoms with van der Waals surface area (Å²) in [6.07, 6.45) is 10.4. The van der Waals surface area contributed by atoms with Crippen molar-refractivity contribution in [3.05, 3.63) is 35.4 Å². The number of hydrogen-bond donors (Lipinski definition) is 0. The fourth-order valence-electron chi connectivity index (χ4n) is 2.23. The molecule has 1 aromatic rings. The number of ether oxygens (including phenoxy) is 1. The summed E-state index contributed by atoms with van der Waals surface area (Å²) in [6, 6.07) is 7.30. The summed E-state index contributed by atoms with van der Waals surface area (Å²) in [7, 11) is 0. The van der Waals surface area contributed by atoms with Gasteiger partial charge >= 0.3 is 0 Å². The molecule has 0 radical (unpaired) electrons. The van der Waals surface area contributed by atoms with Gasteiger partial charge in [-0.05, 0) is 38.1 Å². The van der Waals surface area contributed by atoms with Crippen LogP contribution in [0.5, 0.6) is 5.75 Å². The molecule has 0 spiro atoms. The summed E-state index contributed by atoms with van der Waals surface area (Å²) in [5.74, 6) is 3.20. The molecule has 22 heavy (non-hydrogen) atoms. The summed E-state index contributed by atoms with van der Waals surface area (Å²) in [5.41, 5.74) is 1.49. The highest BCUT2D eigenvalue weighted by molar-refractivity contribution is 5.81. The van der Waals surface area contributed by atoms with Gasteiger partial charge in [0.25, 0.3) is 0 Å². The molecule has 1 heterocycles. The van der Waals surface area contributed by atoms with Gasteiger partial charge in [0, 0.05) is 5.56 Å². The number of nitriles is 2. The maximum atomic E-state index is 9.09. The van der Waals surface area contributed by atoms with Crippen molar-refractivity contribution in [3.8, 4) is 30.4 Å². The van der Waals surface area contributed by atoms with Crippen molar-refractivity contribution in [2.45, 2.75) is 19.4 Å². The number of rotatable bonds is 3. The van der Waals surface area contributed by atoms with Gasteiger partial charge in [-0.2, -0.15) is 15.5 Å². The van der Waals surface area contributed by atoms with Crippen molar-refractivity contribution in [2.24, 2.45) is 4.99 Å². The van der Waals surface area contributed by atoms with E-state index in [0.717, 1.165) is 11.3 Å². The molecule has 0 saturated carbocycles. The lowest BCUT2D eigenvalue weighted by molar-refractivity contribution is 0.156. The van der Waals surface area contributed by atoms with E-state index >= 15 is 0 Å². The Hall–Kier alpha value is -3.23. The van der Waals surface area contributed by atoms with Crippen molar-refractivity contribution in [1.29, 1.82) is 10.5 Å². The standard InChI is InChI=1S/C17H14N4O/c1-4-7-21(12-20-11-19)15-9-17(2,3)22-16-6-5-13(10-18)8-14(15)16/h1,5-6,8-9,12H,7H2,2-3H3/b20-12+. The zero-order valence-electron chi connectivity index (χ0n) is 12.4. The largest absolute Gasteiger partial charge is 0.483 e. The minimum absolute atomic E-state index is 0.253. The third-order valence-electron chi connectivity index (χ3n) is 3.07. The van der Waals surface area contributed by atoms with E-state index in [4.69, 9.17) is 21.7 Å². The first-order chi connectivity index (χ1) is 10.5. The topological polar surface area (TPSA) is 72.4 Å². The minimum Gasteiger partial charge on any atom is -0.483 e. The zero-order valence-corrected chi connectivity index (χ0v) is 12.4. The van der Waals surface area contributed by atoms with Crippen LogP contribution in [0, 0.1) is 35.1 Å². The van der Waals surface area contributed by atoms with Gasteiger partial charge in [0.05, 0.1) is 23.9 Å². The Morgan fingerprint density at radius 2 is 2.18 bits per heavy atom. The lowest BCUT2D eigenvalue weighted by Crippen LogP contribution is -2.33. The third-order valence-corrected chi connectivity index (χ3v) is 3.07. The molecule has 0 saturated heterocycles. The summed E-state index contributed by atoms with van der Waals surface area (Å²) in [4.78, 5) is 5.28. The molecule has 108 valence electrons. The smallest absolute Gasteiger partial charge is 0.207 e. The molecular formula is C17H14N4O. The van der Waals surface area contributed by atoms with Crippen LogP contribution < -0.4 is 4.74 Å². The van der Waals surface area contributed by atoms with Crippen LogP contribution in [0.15, 0.2) is 29.3 Å². The number of fused-ring (bicyclic) bond motifs is 1. The first kappa shape index (κ1) is 15.2. The summed E-state index contributed by atoms with van der Waals surface area (Å²) >= 11 is 0. The van der Waals surface area contributed by atoms with E-state index in [2.05, 4.69) is 17.0 Å². The average Bonchev–Trinajstić information content (AvgIpc) is 2.49. The number of aliphatic imine (C=N–C) groups is 1. The van der Waals surface area contributed by atoms with Crippen LogP contribution in [0.3, 0.4) is 0 Å². The Bertz CT molecular complexity index is 769. The maximum Gasteiger partial charge on any atom is 0.207 e. The van der Waals surface area contributed by atoms with Crippen LogP contribution in [-0.2, 0) is 0 Å². The lowest BCUT2D eigenvalue weighted by Gasteiger charge is -2.34. The Labute approximate surface area is 129 Å². The van der Waals surface area contributed by atoms with Crippen LogP contribution >= 0.6 is 0 Å². The van der Waals surface area contributed by atoms with E-state index in [1.54, 1.807) is 29.3 Å². The van der Waals surface area contributed by atoms with Gasteiger partial charge in [0.1, 0.15) is 17.7 Å². The molecule has 0 N–H and O–H groups in total. The third kappa shape index (κ3) is 3.08. The van der Waals surface area contributed by atoms with Crippen molar-refractivity contribution < 1.29 is 4.74 Å². The lowest BCUT2D eigenvalue weighted by atomic mass is 9.97. The van der Waals surface area contributed by atoms with Crippen molar-refractivity contribution in [2.75, 3.05) is 6.54 Å². The second-order valence-corrected chi connectivity index (χ2v) is 5.23. The molecule has 5 nitrogen and oxygen atoms in total. The van der Waals surface area contributed by atoms with Gasteiger partial charge < -0.3 is 9.64 Å². The van der Waals surface area contributed by atoms with E-state index in [-0.39, 0.29) is 6.54 Å². The molecule has 0 aromatic heterocycles. The maximum absolute atomic E-state index is 9.09. The van der Waals surface area contributed by atoms with Crippen LogP contribution in [0.2, 0.25) is 0 Å². The first-order valence-corrected chi connectivity index (χ1v) is 6.59. The Balaban J connectivity index is 2.59. The quantitative estimate of drug-likeness (QED) is 0.371. The Morgan fingerprint density at radius 3 is 2.82 bits per heavy atom. The van der Waals surface area contributed by atoms with Gasteiger partial charge in [-0.15, -0.1) is 6.42 Å². The van der Waals surface area contributed by atoms with Crippen LogP contribution in [0.4, 0.5) is 0 Å². The minimum atomic E-state index is -0.538. The summed E-state index contributed by atoms with van der Waals surface area (Å²) < 4.78 is 5.91. The number of benzene rings is 1. The van der Waals surface area contributed by atoms with E-state index in [0.29, 0.717) is 11.3 Å². The fraction of sp³-hybridized carbons (Fsp3) is 0.235. The van der Waals surface area contributed by atoms with Crippen LogP contribution in [0.25, 0.3) is 5.70 Å². The highest BCUT2D eigenvalue weighted by atomic mass is 16.5. The van der Waals surface area contributed by atoms with Gasteiger partial charge in [0.2, 0.25) is 6.19 Å². The van der Waals surface area contributed by atoms with Gasteiger partial charge in [-0.3, -0.25) is 0 Å². The molecule has 1 aliphatic heterocycles. The van der Waals surface area contributed by atoms with E-state index < -0.39 is 5.60 Å². The van der Waals surface area contributed by atoms with Crippen molar-refractivity contribution >= 4 is 12.0 Å². The van der Waals surface area contributed by atoms with Crippen molar-refractivity contribution in [1.82, 2.24) is 4.90 Å². The predicted octanol–water partition coefficient (Wildman–Crippen LogP) is 2.51. The average molecular weight is 290 g/mol. The Morgan fingerprint density at radius 1 is 1.41 bits per heavy atom. The summed E-state index contributed by atoms with van der Waals surface area (Å²) in [5, 5.41) is 17.7. The molecule has 2 rings (SSSR count). The van der Waals surface area contributed by atoms with Gasteiger partial charge in [-0.1, -0.05) is 5.92 Å². The van der Waals surface area contributed by atoms with E-state index in [9.17, 15) is 0 Å². The predicted molar refractivity (Wildman–Crippen MR) is 83.5 cm³/mol. The van der Waals surface area contributed by atoms with Crippen LogP contribution in [-0.4, -0.2) is 23.4 Å². The molecule has 0 fully saturated rings. The number of nitrogens with zero attached hydrogens (tertiary/aromatic N) is 4. The van der Waals surface area contributed by atoms with Crippen LogP contribution in [0.1, 0.15) is 25.0 Å². The first-order valence-electron chi connectivity index (χ1n) is 6.59. The SMILES string of the molecule is C#CCN(/C=N/C#N)C1=CC(C)(C)Oc2ccc(C#N)cc21. The van der Waals surface area contributed by atoms with E-state index in [1.807, 2.05) is 19.9 Å². The highest BCUT2D eigenvalue weighted by Gasteiger charge is 2.29. The Kier molecular flexibility index (Phi) is 4.16. The highest BCUT2D eigenvalue weighted by Crippen LogP contribution is 2.37. The van der Waals surface area contributed by atoms with Gasteiger partial charge in [-0.25, -0.2) is 0 Å². The molecule has 5 heteroatoms. The molecule has 0 aliphatic carbocycles. The zero-order chi connectivity index (χ0) is 16.2. The summed E-state index contributed by atoms with van der Waals surface area (Å²) in [6.45, 7) is 4.09. The molecule has 0 atom stereocenters. The van der Waals surface area contributed by atoms with Gasteiger partial charge in [0.15, 0.2) is 0 Å². The molecule has 0 amide bonds.